The van der Waals surface area contributed by atoms with Gasteiger partial charge in [0.25, 0.3) is 0 Å². The number of pyridine rings is 1. The molecule has 0 unspecified atom stereocenters. The van der Waals surface area contributed by atoms with E-state index in [9.17, 15) is 9.59 Å². The average Bonchev–Trinajstić information content (AvgIpc) is 2.82. The first-order valence-corrected chi connectivity index (χ1v) is 6.30. The molecule has 2 aromatic heterocycles. The number of aromatic carboxylic acids is 1. The third-order valence-corrected chi connectivity index (χ3v) is 3.21. The zero-order chi connectivity index (χ0) is 14.7. The molecule has 0 bridgehead atoms. The number of amides is 1. The van der Waals surface area contributed by atoms with Gasteiger partial charge < -0.3 is 10.4 Å². The Bertz CT molecular complexity index is 670. The summed E-state index contributed by atoms with van der Waals surface area (Å²) < 4.78 is 1.99. The first-order valence-electron chi connectivity index (χ1n) is 5.51. The van der Waals surface area contributed by atoms with E-state index in [0.717, 1.165) is 14.7 Å². The Balaban J connectivity index is 2.01. The van der Waals surface area contributed by atoms with Crippen molar-refractivity contribution in [2.75, 3.05) is 5.32 Å². The molecule has 0 aromatic carbocycles. The number of carboxylic acids is 1. The maximum absolute atomic E-state index is 11.8. The number of halogens is 1. The van der Waals surface area contributed by atoms with E-state index in [0.29, 0.717) is 5.82 Å². The van der Waals surface area contributed by atoms with Crippen LogP contribution in [-0.4, -0.2) is 37.0 Å². The van der Waals surface area contributed by atoms with Gasteiger partial charge in [0.1, 0.15) is 12.4 Å². The van der Waals surface area contributed by atoms with Crippen molar-refractivity contribution in [1.82, 2.24) is 20.0 Å². The fourth-order valence-electron chi connectivity index (χ4n) is 1.41. The molecule has 20 heavy (non-hydrogen) atoms. The lowest BCUT2D eigenvalue weighted by Gasteiger charge is -2.05. The molecule has 2 N–H and O–H groups in total. The number of nitrogens with one attached hydrogen (secondary N) is 1. The quantitative estimate of drug-likeness (QED) is 0.862. The maximum Gasteiger partial charge on any atom is 0.358 e. The molecule has 8 nitrogen and oxygen atoms in total. The third-order valence-electron chi connectivity index (χ3n) is 2.38. The van der Waals surface area contributed by atoms with Crippen molar-refractivity contribution in [3.8, 4) is 0 Å². The predicted octanol–water partition coefficient (Wildman–Crippen LogP) is 1.08. The molecule has 9 heteroatoms. The van der Waals surface area contributed by atoms with E-state index in [1.807, 2.05) is 6.92 Å². The summed E-state index contributed by atoms with van der Waals surface area (Å²) in [6.07, 6.45) is 2.77. The molecule has 0 saturated heterocycles. The zero-order valence-electron chi connectivity index (χ0n) is 10.4. The van der Waals surface area contributed by atoms with Gasteiger partial charge in [-0.2, -0.15) is 0 Å². The largest absolute Gasteiger partial charge is 0.476 e. The lowest BCUT2D eigenvalue weighted by atomic mass is 10.3. The highest BCUT2D eigenvalue weighted by Crippen LogP contribution is 2.17. The second-order valence-electron chi connectivity index (χ2n) is 3.97. The number of anilines is 1. The second-order valence-corrected chi connectivity index (χ2v) is 4.83. The normalized spacial score (nSPS) is 10.3. The standard InChI is InChI=1S/C11H10BrN5O3/c1-6-2-9(13-3-7(6)12)14-10(18)5-17-4-8(11(19)20)15-16-17/h2-4H,5H2,1H3,(H,19,20)(H,13,14,18). The molecule has 104 valence electrons. The fraction of sp³-hybridized carbons (Fsp3) is 0.182. The van der Waals surface area contributed by atoms with Gasteiger partial charge in [0.2, 0.25) is 5.91 Å². The summed E-state index contributed by atoms with van der Waals surface area (Å²) in [5.41, 5.74) is 0.722. The molecule has 2 rings (SSSR count). The number of carbonyl (C=O) groups is 2. The Morgan fingerprint density at radius 1 is 1.50 bits per heavy atom. The lowest BCUT2D eigenvalue weighted by Crippen LogP contribution is -2.19. The summed E-state index contributed by atoms with van der Waals surface area (Å²) in [5, 5.41) is 18.2. The van der Waals surface area contributed by atoms with Crippen LogP contribution in [0.5, 0.6) is 0 Å². The zero-order valence-corrected chi connectivity index (χ0v) is 12.0. The summed E-state index contributed by atoms with van der Waals surface area (Å²) in [7, 11) is 0. The second kappa shape index (κ2) is 5.78. The monoisotopic (exact) mass is 339 g/mol. The average molecular weight is 340 g/mol. The predicted molar refractivity (Wildman–Crippen MR) is 72.3 cm³/mol. The van der Waals surface area contributed by atoms with Crippen molar-refractivity contribution in [3.05, 3.63) is 34.2 Å². The minimum atomic E-state index is -1.19. The van der Waals surface area contributed by atoms with Crippen molar-refractivity contribution in [1.29, 1.82) is 0 Å². The van der Waals surface area contributed by atoms with Gasteiger partial charge in [0.05, 0.1) is 6.20 Å². The molecule has 0 aliphatic heterocycles. The molecular weight excluding hydrogens is 330 g/mol. The summed E-state index contributed by atoms with van der Waals surface area (Å²) in [5.74, 6) is -1.16. The summed E-state index contributed by atoms with van der Waals surface area (Å²) in [6.45, 7) is 1.73. The Hall–Kier alpha value is -2.29. The van der Waals surface area contributed by atoms with Crippen LogP contribution in [0.1, 0.15) is 16.1 Å². The number of nitrogens with zero attached hydrogens (tertiary/aromatic N) is 4. The summed E-state index contributed by atoms with van der Waals surface area (Å²) in [6, 6.07) is 1.71. The molecular formula is C11H10BrN5O3. The summed E-state index contributed by atoms with van der Waals surface area (Å²) >= 11 is 3.31. The van der Waals surface area contributed by atoms with Gasteiger partial charge in [-0.3, -0.25) is 4.79 Å². The van der Waals surface area contributed by atoms with Gasteiger partial charge >= 0.3 is 5.97 Å². The molecule has 0 spiro atoms. The van der Waals surface area contributed by atoms with Crippen LogP contribution in [0.25, 0.3) is 0 Å². The topological polar surface area (TPSA) is 110 Å². The number of aryl methyl sites for hydroxylation is 1. The van der Waals surface area contributed by atoms with Gasteiger partial charge in [-0.15, -0.1) is 5.10 Å². The summed E-state index contributed by atoms with van der Waals surface area (Å²) in [4.78, 5) is 26.4. The van der Waals surface area contributed by atoms with E-state index in [1.54, 1.807) is 12.3 Å². The van der Waals surface area contributed by atoms with E-state index in [2.05, 4.69) is 36.5 Å². The number of carboxylic acid groups (broad SMARTS) is 1. The van der Waals surface area contributed by atoms with Gasteiger partial charge in [-0.25, -0.2) is 14.5 Å². The van der Waals surface area contributed by atoms with Gasteiger partial charge in [-0.05, 0) is 34.5 Å². The lowest BCUT2D eigenvalue weighted by molar-refractivity contribution is -0.117. The molecule has 0 radical (unpaired) electrons. The highest BCUT2D eigenvalue weighted by Gasteiger charge is 2.11. The smallest absolute Gasteiger partial charge is 0.358 e. The Labute approximate surface area is 121 Å². The Kier molecular flexibility index (Phi) is 4.08. The molecule has 0 aliphatic rings. The van der Waals surface area contributed by atoms with Crippen molar-refractivity contribution in [3.63, 3.8) is 0 Å². The van der Waals surface area contributed by atoms with Crippen LogP contribution in [0.2, 0.25) is 0 Å². The van der Waals surface area contributed by atoms with Crippen molar-refractivity contribution < 1.29 is 14.7 Å². The van der Waals surface area contributed by atoms with Crippen LogP contribution in [0, 0.1) is 6.92 Å². The van der Waals surface area contributed by atoms with E-state index < -0.39 is 5.97 Å². The van der Waals surface area contributed by atoms with Gasteiger partial charge in [-0.1, -0.05) is 5.21 Å². The number of hydrogen-bond donors (Lipinski definition) is 2. The van der Waals surface area contributed by atoms with Crippen LogP contribution in [-0.2, 0) is 11.3 Å². The minimum Gasteiger partial charge on any atom is -0.476 e. The van der Waals surface area contributed by atoms with Crippen LogP contribution in [0.3, 0.4) is 0 Å². The maximum atomic E-state index is 11.8. The number of carbonyl (C=O) groups excluding carboxylic acids is 1. The molecule has 2 heterocycles. The van der Waals surface area contributed by atoms with Gasteiger partial charge in [0.15, 0.2) is 5.69 Å². The van der Waals surface area contributed by atoms with E-state index in [1.165, 1.54) is 6.20 Å². The van der Waals surface area contributed by atoms with E-state index in [-0.39, 0.29) is 18.1 Å². The highest BCUT2D eigenvalue weighted by atomic mass is 79.9. The van der Waals surface area contributed by atoms with Crippen molar-refractivity contribution in [2.45, 2.75) is 13.5 Å². The number of hydrogen-bond acceptors (Lipinski definition) is 5. The minimum absolute atomic E-state index is 0.142. The highest BCUT2D eigenvalue weighted by molar-refractivity contribution is 9.10. The van der Waals surface area contributed by atoms with Crippen LogP contribution < -0.4 is 5.32 Å². The van der Waals surface area contributed by atoms with E-state index >= 15 is 0 Å². The fourth-order valence-corrected chi connectivity index (χ4v) is 1.63. The van der Waals surface area contributed by atoms with Crippen LogP contribution in [0.4, 0.5) is 5.82 Å². The first kappa shape index (κ1) is 14.1. The Morgan fingerprint density at radius 2 is 2.25 bits per heavy atom. The first-order chi connectivity index (χ1) is 9.45. The molecule has 0 atom stereocenters. The van der Waals surface area contributed by atoms with Crippen LogP contribution >= 0.6 is 15.9 Å². The molecule has 0 aliphatic carbocycles. The van der Waals surface area contributed by atoms with Crippen LogP contribution in [0.15, 0.2) is 22.9 Å². The van der Waals surface area contributed by atoms with E-state index in [4.69, 9.17) is 5.11 Å². The SMILES string of the molecule is Cc1cc(NC(=O)Cn2cc(C(=O)O)nn2)ncc1Br. The molecule has 1 amide bonds. The van der Waals surface area contributed by atoms with Gasteiger partial charge in [0, 0.05) is 10.7 Å². The number of aromatic nitrogens is 4. The number of rotatable bonds is 4. The molecule has 0 fully saturated rings. The molecule has 2 aromatic rings. The molecule has 0 saturated carbocycles. The van der Waals surface area contributed by atoms with Crippen molar-refractivity contribution >= 4 is 33.6 Å². The Morgan fingerprint density at radius 3 is 2.85 bits per heavy atom. The van der Waals surface area contributed by atoms with Crippen molar-refractivity contribution in [2.24, 2.45) is 0 Å². The third kappa shape index (κ3) is 3.38.